The van der Waals surface area contributed by atoms with Crippen LogP contribution in [0.2, 0.25) is 0 Å². The van der Waals surface area contributed by atoms with E-state index >= 15 is 0 Å². The molecule has 10 nitrogen and oxygen atoms in total. The quantitative estimate of drug-likeness (QED) is 0.346. The van der Waals surface area contributed by atoms with Crippen LogP contribution in [0, 0.1) is 23.2 Å². The van der Waals surface area contributed by atoms with Gasteiger partial charge in [-0.25, -0.2) is 0 Å². The highest BCUT2D eigenvalue weighted by molar-refractivity contribution is 6.04. The SMILES string of the molecule is CN[C@H]1C[C@@H](C)O[C@@H](O[C@@H]2[C@@H](C)C(=O)C(C)(C)C(=O)OCC(=C3CN(CC4CCC4)C3)N(C)C[C@H](C)C[C@@]2(C)OC)[C@@H]1O. The number of ketones is 1. The van der Waals surface area contributed by atoms with E-state index in [2.05, 4.69) is 29.1 Å². The maximum atomic E-state index is 14.1. The van der Waals surface area contributed by atoms with Gasteiger partial charge in [-0.15, -0.1) is 0 Å². The molecule has 0 aromatic carbocycles. The Balaban J connectivity index is 1.63. The Labute approximate surface area is 258 Å². The molecular formula is C33H57N3O7. The zero-order valence-corrected chi connectivity index (χ0v) is 28.0. The molecule has 2 N–H and O–H groups in total. The van der Waals surface area contributed by atoms with Crippen molar-refractivity contribution in [2.75, 3.05) is 54.0 Å². The predicted molar refractivity (Wildman–Crippen MR) is 164 cm³/mol. The number of aliphatic hydroxyl groups excluding tert-OH is 1. The number of cyclic esters (lactones) is 1. The Morgan fingerprint density at radius 3 is 2.37 bits per heavy atom. The molecule has 4 rings (SSSR count). The molecule has 8 atom stereocenters. The minimum Gasteiger partial charge on any atom is -0.459 e. The standard InChI is InChI=1S/C33H57N3O7/c1-20-14-33(6,40-9)29(43-30-27(37)25(34-7)13-21(2)42-30)22(3)28(38)32(4,5)31(39)41-19-26(35(8)15-20)24-17-36(18-24)16-23-11-10-12-23/h20-23,25,27,29-30,34,37H,10-19H2,1-9H3/t20-,21-,22+,25+,27-,29-,30+,33-/m1/s1. The van der Waals surface area contributed by atoms with Crippen molar-refractivity contribution in [3.63, 3.8) is 0 Å². The van der Waals surface area contributed by atoms with Gasteiger partial charge >= 0.3 is 5.97 Å². The number of esters is 1. The molecule has 1 aliphatic carbocycles. The number of carbonyl (C=O) groups is 2. The molecule has 0 spiro atoms. The number of hydrogen-bond acceptors (Lipinski definition) is 10. The lowest BCUT2D eigenvalue weighted by Crippen LogP contribution is -2.59. The van der Waals surface area contributed by atoms with E-state index in [1.807, 2.05) is 13.8 Å². The molecule has 0 amide bonds. The van der Waals surface area contributed by atoms with Crippen molar-refractivity contribution in [1.29, 1.82) is 0 Å². The summed E-state index contributed by atoms with van der Waals surface area (Å²) in [5.74, 6) is -0.631. The minimum absolute atomic E-state index is 0.145. The van der Waals surface area contributed by atoms with Gasteiger partial charge in [0.1, 0.15) is 18.1 Å². The number of aliphatic hydroxyl groups is 1. The summed E-state index contributed by atoms with van der Waals surface area (Å²) in [4.78, 5) is 32.4. The van der Waals surface area contributed by atoms with Crippen molar-refractivity contribution in [3.8, 4) is 0 Å². The first-order valence-corrected chi connectivity index (χ1v) is 16.3. The van der Waals surface area contributed by atoms with Gasteiger partial charge in [0.05, 0.1) is 23.5 Å². The molecule has 0 bridgehead atoms. The Hall–Kier alpha value is -1.56. The van der Waals surface area contributed by atoms with Gasteiger partial charge in [0.15, 0.2) is 12.1 Å². The molecular weight excluding hydrogens is 550 g/mol. The monoisotopic (exact) mass is 607 g/mol. The summed E-state index contributed by atoms with van der Waals surface area (Å²) < 4.78 is 24.8. The Kier molecular flexibility index (Phi) is 11.0. The predicted octanol–water partition coefficient (Wildman–Crippen LogP) is 2.98. The van der Waals surface area contributed by atoms with Crippen LogP contribution in [0.15, 0.2) is 11.3 Å². The number of likely N-dealkylation sites (N-methyl/N-ethyl adjacent to an activating group) is 2. The number of carbonyl (C=O) groups excluding carboxylic acids is 2. The molecule has 3 aliphatic heterocycles. The highest BCUT2D eigenvalue weighted by Gasteiger charge is 2.51. The lowest BCUT2D eigenvalue weighted by atomic mass is 9.74. The van der Waals surface area contributed by atoms with Gasteiger partial charge in [0.25, 0.3) is 0 Å². The summed E-state index contributed by atoms with van der Waals surface area (Å²) in [6.45, 7) is 14.9. The first kappa shape index (κ1) is 34.3. The van der Waals surface area contributed by atoms with Gasteiger partial charge in [-0.3, -0.25) is 14.5 Å². The Morgan fingerprint density at radius 2 is 1.79 bits per heavy atom. The Bertz CT molecular complexity index is 1020. The van der Waals surface area contributed by atoms with Crippen molar-refractivity contribution >= 4 is 11.8 Å². The molecule has 3 saturated heterocycles. The topological polar surface area (TPSA) is 110 Å². The van der Waals surface area contributed by atoms with E-state index in [1.165, 1.54) is 24.8 Å². The van der Waals surface area contributed by atoms with E-state index in [9.17, 15) is 14.7 Å². The van der Waals surface area contributed by atoms with Gasteiger partial charge in [-0.05, 0) is 77.8 Å². The van der Waals surface area contributed by atoms with Gasteiger partial charge < -0.3 is 34.3 Å². The number of nitrogens with zero attached hydrogens (tertiary/aromatic N) is 2. The summed E-state index contributed by atoms with van der Waals surface area (Å²) in [5, 5.41) is 14.3. The third kappa shape index (κ3) is 7.47. The molecule has 0 radical (unpaired) electrons. The Morgan fingerprint density at radius 1 is 1.12 bits per heavy atom. The molecule has 10 heteroatoms. The second-order valence-electron chi connectivity index (χ2n) is 14.6. The largest absolute Gasteiger partial charge is 0.459 e. The average Bonchev–Trinajstić information content (AvgIpc) is 2.90. The van der Waals surface area contributed by atoms with Crippen molar-refractivity contribution in [3.05, 3.63) is 11.3 Å². The maximum Gasteiger partial charge on any atom is 0.319 e. The van der Waals surface area contributed by atoms with Crippen molar-refractivity contribution in [1.82, 2.24) is 15.1 Å². The van der Waals surface area contributed by atoms with Crippen LogP contribution in [0.25, 0.3) is 0 Å². The third-order valence-electron chi connectivity index (χ3n) is 10.5. The van der Waals surface area contributed by atoms with Crippen molar-refractivity contribution in [2.24, 2.45) is 23.2 Å². The second kappa shape index (κ2) is 13.8. The van der Waals surface area contributed by atoms with Crippen LogP contribution in [-0.2, 0) is 28.5 Å². The molecule has 1 saturated carbocycles. The fraction of sp³-hybridized carbons (Fsp3) is 0.879. The van der Waals surface area contributed by atoms with Crippen molar-refractivity contribution in [2.45, 2.75) is 110 Å². The van der Waals surface area contributed by atoms with Crippen LogP contribution in [0.1, 0.15) is 73.6 Å². The van der Waals surface area contributed by atoms with Gasteiger partial charge in [-0.2, -0.15) is 0 Å². The summed E-state index contributed by atoms with van der Waals surface area (Å²) in [7, 11) is 5.50. The van der Waals surface area contributed by atoms with Crippen LogP contribution < -0.4 is 5.32 Å². The fourth-order valence-corrected chi connectivity index (χ4v) is 7.49. The van der Waals surface area contributed by atoms with E-state index < -0.39 is 41.4 Å². The van der Waals surface area contributed by atoms with E-state index in [0.29, 0.717) is 12.8 Å². The second-order valence-corrected chi connectivity index (χ2v) is 14.6. The van der Waals surface area contributed by atoms with E-state index in [4.69, 9.17) is 18.9 Å². The number of likely N-dealkylation sites (tertiary alicyclic amines) is 1. The van der Waals surface area contributed by atoms with E-state index in [0.717, 1.165) is 37.8 Å². The number of rotatable bonds is 6. The highest BCUT2D eigenvalue weighted by Crippen LogP contribution is 2.38. The molecule has 0 aromatic rings. The summed E-state index contributed by atoms with van der Waals surface area (Å²) in [5.41, 5.74) is -0.00204. The molecule has 0 unspecified atom stereocenters. The first-order valence-electron chi connectivity index (χ1n) is 16.3. The molecule has 0 aromatic heterocycles. The lowest BCUT2D eigenvalue weighted by molar-refractivity contribution is -0.290. The zero-order valence-electron chi connectivity index (χ0n) is 28.0. The lowest BCUT2D eigenvalue weighted by Gasteiger charge is -2.46. The molecule has 4 fully saturated rings. The summed E-state index contributed by atoms with van der Waals surface area (Å²) in [6.07, 6.45) is 2.37. The van der Waals surface area contributed by atoms with Crippen LogP contribution >= 0.6 is 0 Å². The normalized spacial score (nSPS) is 38.8. The summed E-state index contributed by atoms with van der Waals surface area (Å²) >= 11 is 0. The molecule has 43 heavy (non-hydrogen) atoms. The third-order valence-corrected chi connectivity index (χ3v) is 10.5. The van der Waals surface area contributed by atoms with E-state index in [1.54, 1.807) is 34.9 Å². The highest BCUT2D eigenvalue weighted by atomic mass is 16.7. The number of nitrogens with one attached hydrogen (secondary N) is 1. The molecule has 3 heterocycles. The average molecular weight is 608 g/mol. The molecule has 4 aliphatic rings. The van der Waals surface area contributed by atoms with E-state index in [-0.39, 0.29) is 30.5 Å². The van der Waals surface area contributed by atoms with Crippen LogP contribution in [0.4, 0.5) is 0 Å². The number of hydrogen-bond donors (Lipinski definition) is 2. The first-order chi connectivity index (χ1) is 20.2. The maximum absolute atomic E-state index is 14.1. The number of ether oxygens (including phenoxy) is 4. The van der Waals surface area contributed by atoms with Crippen LogP contribution in [0.5, 0.6) is 0 Å². The van der Waals surface area contributed by atoms with Crippen molar-refractivity contribution < 1.29 is 33.6 Å². The van der Waals surface area contributed by atoms with Crippen LogP contribution in [0.3, 0.4) is 0 Å². The fourth-order valence-electron chi connectivity index (χ4n) is 7.49. The van der Waals surface area contributed by atoms with Gasteiger partial charge in [0, 0.05) is 52.3 Å². The molecule has 246 valence electrons. The van der Waals surface area contributed by atoms with Crippen LogP contribution in [-0.4, -0.2) is 117 Å². The zero-order chi connectivity index (χ0) is 31.7. The van der Waals surface area contributed by atoms with Gasteiger partial charge in [-0.1, -0.05) is 20.3 Å². The number of methoxy groups -OCH3 is 1. The summed E-state index contributed by atoms with van der Waals surface area (Å²) in [6, 6.07) is -0.218. The number of Topliss-reactive ketones (excluding diaryl/α,β-unsaturated/α-hetero) is 1. The minimum atomic E-state index is -1.41. The smallest absolute Gasteiger partial charge is 0.319 e. The van der Waals surface area contributed by atoms with Gasteiger partial charge in [0.2, 0.25) is 0 Å².